The number of H-pyrrole nitrogens is 1. The third-order valence-corrected chi connectivity index (χ3v) is 4.07. The Kier molecular flexibility index (Phi) is 4.70. The zero-order valence-electron chi connectivity index (χ0n) is 13.9. The number of rotatable bonds is 6. The average Bonchev–Trinajstić information content (AvgIpc) is 3.02. The lowest BCUT2D eigenvalue weighted by Gasteiger charge is -2.03. The molecule has 7 nitrogen and oxygen atoms in total. The van der Waals surface area contributed by atoms with Crippen molar-refractivity contribution in [3.8, 4) is 16.9 Å². The molecule has 7 heteroatoms. The Morgan fingerprint density at radius 1 is 1.12 bits per heavy atom. The first-order chi connectivity index (χ1) is 12.4. The van der Waals surface area contributed by atoms with Crippen LogP contribution in [0, 0.1) is 5.41 Å². The Bertz CT molecular complexity index is 999. The van der Waals surface area contributed by atoms with Crippen LogP contribution in [0.5, 0.6) is 0 Å². The molecule has 3 rings (SSSR count). The maximum absolute atomic E-state index is 12.3. The van der Waals surface area contributed by atoms with Crippen LogP contribution in [0.4, 0.5) is 0 Å². The van der Waals surface area contributed by atoms with E-state index in [2.05, 4.69) is 4.98 Å². The van der Waals surface area contributed by atoms with Gasteiger partial charge in [0.15, 0.2) is 0 Å². The highest BCUT2D eigenvalue weighted by molar-refractivity contribution is 5.95. The fourth-order valence-corrected chi connectivity index (χ4v) is 2.64. The molecule has 132 valence electrons. The molecule has 0 aliphatic heterocycles. The molecule has 0 atom stereocenters. The molecule has 0 unspecified atom stereocenters. The third kappa shape index (κ3) is 3.72. The summed E-state index contributed by atoms with van der Waals surface area (Å²) in [5, 5.41) is 16.1. The molecule has 0 spiro atoms. The number of amidine groups is 1. The van der Waals surface area contributed by atoms with Crippen LogP contribution in [0.3, 0.4) is 0 Å². The number of benzene rings is 2. The summed E-state index contributed by atoms with van der Waals surface area (Å²) in [7, 11) is 0. The van der Waals surface area contributed by atoms with Crippen molar-refractivity contribution >= 4 is 11.8 Å². The molecule has 0 bridgehead atoms. The standard InChI is InChI=1S/C19H18N4O3/c20-18(21)14-6-8-15(9-7-14)23-11-16(22-19(23)26)13-4-1-12(2-5-13)3-10-17(24)25/h1-2,4-9,11H,3,10H2,(H3,20,21)(H,22,26)(H,24,25). The molecule has 2 aromatic carbocycles. The van der Waals surface area contributed by atoms with E-state index in [-0.39, 0.29) is 17.9 Å². The third-order valence-electron chi connectivity index (χ3n) is 4.07. The number of carboxylic acids is 1. The first-order valence-electron chi connectivity index (χ1n) is 8.01. The molecule has 1 heterocycles. The summed E-state index contributed by atoms with van der Waals surface area (Å²) in [4.78, 5) is 25.7. The minimum absolute atomic E-state index is 0.0263. The van der Waals surface area contributed by atoms with Gasteiger partial charge in [-0.05, 0) is 41.8 Å². The Morgan fingerprint density at radius 3 is 2.35 bits per heavy atom. The monoisotopic (exact) mass is 350 g/mol. The number of aliphatic carboxylic acids is 1. The number of carbonyl (C=O) groups is 1. The first kappa shape index (κ1) is 17.2. The van der Waals surface area contributed by atoms with E-state index in [9.17, 15) is 9.59 Å². The van der Waals surface area contributed by atoms with Gasteiger partial charge in [-0.1, -0.05) is 24.3 Å². The smallest absolute Gasteiger partial charge is 0.330 e. The Balaban J connectivity index is 1.84. The summed E-state index contributed by atoms with van der Waals surface area (Å²) in [6.45, 7) is 0. The van der Waals surface area contributed by atoms with Gasteiger partial charge in [0.2, 0.25) is 0 Å². The average molecular weight is 350 g/mol. The predicted molar refractivity (Wildman–Crippen MR) is 98.8 cm³/mol. The molecule has 0 fully saturated rings. The Morgan fingerprint density at radius 2 is 1.77 bits per heavy atom. The van der Waals surface area contributed by atoms with E-state index in [1.165, 1.54) is 4.57 Å². The van der Waals surface area contributed by atoms with Gasteiger partial charge in [-0.3, -0.25) is 14.8 Å². The van der Waals surface area contributed by atoms with Crippen molar-refractivity contribution in [1.29, 1.82) is 5.41 Å². The van der Waals surface area contributed by atoms with Gasteiger partial charge >= 0.3 is 11.7 Å². The molecule has 0 amide bonds. The number of nitrogens with one attached hydrogen (secondary N) is 2. The highest BCUT2D eigenvalue weighted by Crippen LogP contribution is 2.19. The number of imidazole rings is 1. The number of carboxylic acid groups (broad SMARTS) is 1. The zero-order chi connectivity index (χ0) is 18.7. The highest BCUT2D eigenvalue weighted by atomic mass is 16.4. The second-order valence-corrected chi connectivity index (χ2v) is 5.89. The van der Waals surface area contributed by atoms with Crippen LogP contribution >= 0.6 is 0 Å². The van der Waals surface area contributed by atoms with Gasteiger partial charge in [0, 0.05) is 18.2 Å². The Labute approximate surface area is 149 Å². The second-order valence-electron chi connectivity index (χ2n) is 5.89. The van der Waals surface area contributed by atoms with E-state index in [1.54, 1.807) is 30.5 Å². The number of nitrogens with two attached hydrogens (primary N) is 1. The van der Waals surface area contributed by atoms with Crippen LogP contribution in [0.1, 0.15) is 17.5 Å². The fourth-order valence-electron chi connectivity index (χ4n) is 2.64. The van der Waals surface area contributed by atoms with E-state index in [0.717, 1.165) is 11.1 Å². The van der Waals surface area contributed by atoms with E-state index < -0.39 is 5.97 Å². The van der Waals surface area contributed by atoms with Crippen LogP contribution < -0.4 is 11.4 Å². The minimum Gasteiger partial charge on any atom is -0.481 e. The number of aryl methyl sites for hydroxylation is 1. The van der Waals surface area contributed by atoms with Crippen molar-refractivity contribution in [2.75, 3.05) is 0 Å². The summed E-state index contributed by atoms with van der Waals surface area (Å²) >= 11 is 0. The molecular formula is C19H18N4O3. The lowest BCUT2D eigenvalue weighted by Crippen LogP contribution is -2.15. The molecule has 1 aromatic heterocycles. The zero-order valence-corrected chi connectivity index (χ0v) is 13.9. The van der Waals surface area contributed by atoms with Gasteiger partial charge in [-0.15, -0.1) is 0 Å². The molecular weight excluding hydrogens is 332 g/mol. The number of aromatic nitrogens is 2. The van der Waals surface area contributed by atoms with Gasteiger partial charge in [0.1, 0.15) is 5.84 Å². The summed E-state index contributed by atoms with van der Waals surface area (Å²) in [5.74, 6) is -0.854. The SMILES string of the molecule is N=C(N)c1ccc(-n2cc(-c3ccc(CCC(=O)O)cc3)[nH]c2=O)cc1. The molecule has 5 N–H and O–H groups in total. The fraction of sp³-hybridized carbons (Fsp3) is 0.105. The number of hydrogen-bond donors (Lipinski definition) is 4. The molecule has 26 heavy (non-hydrogen) atoms. The molecule has 0 saturated heterocycles. The topological polar surface area (TPSA) is 125 Å². The van der Waals surface area contributed by atoms with Crippen LogP contribution in [0.2, 0.25) is 0 Å². The first-order valence-corrected chi connectivity index (χ1v) is 8.01. The Hall–Kier alpha value is -3.61. The number of aromatic amines is 1. The van der Waals surface area contributed by atoms with Gasteiger partial charge < -0.3 is 15.8 Å². The van der Waals surface area contributed by atoms with Gasteiger partial charge in [0.05, 0.1) is 11.4 Å². The van der Waals surface area contributed by atoms with E-state index in [1.807, 2.05) is 24.3 Å². The largest absolute Gasteiger partial charge is 0.481 e. The molecule has 0 aliphatic rings. The molecule has 0 aliphatic carbocycles. The molecule has 0 radical (unpaired) electrons. The summed E-state index contributed by atoms with van der Waals surface area (Å²) < 4.78 is 1.48. The van der Waals surface area contributed by atoms with Crippen molar-refractivity contribution < 1.29 is 9.90 Å². The summed E-state index contributed by atoms with van der Waals surface area (Å²) in [6, 6.07) is 14.3. The van der Waals surface area contributed by atoms with E-state index >= 15 is 0 Å². The number of nitrogen functional groups attached to an aromatic ring is 1. The lowest BCUT2D eigenvalue weighted by molar-refractivity contribution is -0.136. The quantitative estimate of drug-likeness (QED) is 0.401. The van der Waals surface area contributed by atoms with Gasteiger partial charge in [-0.25, -0.2) is 4.79 Å². The number of nitrogens with zero attached hydrogens (tertiary/aromatic N) is 1. The molecule has 3 aromatic rings. The van der Waals surface area contributed by atoms with Crippen molar-refractivity contribution in [3.63, 3.8) is 0 Å². The summed E-state index contributed by atoms with van der Waals surface area (Å²) in [6.07, 6.45) is 2.26. The van der Waals surface area contributed by atoms with Crippen LogP contribution in [0.25, 0.3) is 16.9 Å². The van der Waals surface area contributed by atoms with E-state index in [0.29, 0.717) is 23.4 Å². The number of hydrogen-bond acceptors (Lipinski definition) is 3. The molecule has 0 saturated carbocycles. The van der Waals surface area contributed by atoms with E-state index in [4.69, 9.17) is 16.2 Å². The van der Waals surface area contributed by atoms with Crippen molar-refractivity contribution in [1.82, 2.24) is 9.55 Å². The van der Waals surface area contributed by atoms with Gasteiger partial charge in [0.25, 0.3) is 0 Å². The maximum atomic E-state index is 12.3. The van der Waals surface area contributed by atoms with Crippen molar-refractivity contribution in [3.05, 3.63) is 76.3 Å². The second kappa shape index (κ2) is 7.10. The van der Waals surface area contributed by atoms with Gasteiger partial charge in [-0.2, -0.15) is 0 Å². The summed E-state index contributed by atoms with van der Waals surface area (Å²) in [5.41, 5.74) is 8.85. The van der Waals surface area contributed by atoms with Crippen LogP contribution in [-0.4, -0.2) is 26.5 Å². The highest BCUT2D eigenvalue weighted by Gasteiger charge is 2.08. The predicted octanol–water partition coefficient (Wildman–Crippen LogP) is 2.13. The van der Waals surface area contributed by atoms with Crippen LogP contribution in [-0.2, 0) is 11.2 Å². The lowest BCUT2D eigenvalue weighted by atomic mass is 10.1. The van der Waals surface area contributed by atoms with Crippen molar-refractivity contribution in [2.24, 2.45) is 5.73 Å². The van der Waals surface area contributed by atoms with Crippen LogP contribution in [0.15, 0.2) is 59.5 Å². The maximum Gasteiger partial charge on any atom is 0.330 e. The minimum atomic E-state index is -0.828. The normalized spacial score (nSPS) is 10.6. The van der Waals surface area contributed by atoms with Crippen molar-refractivity contribution in [2.45, 2.75) is 12.8 Å².